The summed E-state index contributed by atoms with van der Waals surface area (Å²) in [5, 5.41) is 0. The minimum atomic E-state index is -3.70. The smallest absolute Gasteiger partial charge is 0.241 e. The summed E-state index contributed by atoms with van der Waals surface area (Å²) in [6.45, 7) is 5.52. The van der Waals surface area contributed by atoms with Crippen LogP contribution in [0.2, 0.25) is 0 Å². The van der Waals surface area contributed by atoms with E-state index >= 15 is 0 Å². The molecule has 0 saturated heterocycles. The second-order valence-corrected chi connectivity index (χ2v) is 9.49. The number of hydrogen-bond acceptors (Lipinski definition) is 6. The van der Waals surface area contributed by atoms with Crippen LogP contribution < -0.4 is 9.62 Å². The van der Waals surface area contributed by atoms with Crippen molar-refractivity contribution in [2.45, 2.75) is 31.1 Å². The highest BCUT2D eigenvalue weighted by Crippen LogP contribution is 2.46. The Bertz CT molecular complexity index is 1250. The van der Waals surface area contributed by atoms with E-state index in [1.54, 1.807) is 12.4 Å². The van der Waals surface area contributed by atoms with Crippen LogP contribution in [0.25, 0.3) is 11.1 Å². The van der Waals surface area contributed by atoms with Crippen LogP contribution in [0.4, 0.5) is 11.4 Å². The van der Waals surface area contributed by atoms with E-state index in [1.807, 2.05) is 39.0 Å². The fourth-order valence-electron chi connectivity index (χ4n) is 3.52. The van der Waals surface area contributed by atoms with Gasteiger partial charge in [-0.1, -0.05) is 12.1 Å². The van der Waals surface area contributed by atoms with Gasteiger partial charge >= 0.3 is 0 Å². The number of amides is 1. The summed E-state index contributed by atoms with van der Waals surface area (Å²) in [6, 6.07) is 7.20. The minimum absolute atomic E-state index is 0.00959. The molecule has 1 N–H and O–H groups in total. The summed E-state index contributed by atoms with van der Waals surface area (Å²) in [7, 11) is -2.37. The van der Waals surface area contributed by atoms with Crippen LogP contribution in [0.5, 0.6) is 0 Å². The van der Waals surface area contributed by atoms with Gasteiger partial charge in [0.15, 0.2) is 0 Å². The zero-order chi connectivity index (χ0) is 21.7. The molecule has 0 unspecified atom stereocenters. The molecule has 154 valence electrons. The number of sulfonamides is 1. The highest BCUT2D eigenvalue weighted by atomic mass is 32.2. The van der Waals surface area contributed by atoms with E-state index in [2.05, 4.69) is 19.7 Å². The summed E-state index contributed by atoms with van der Waals surface area (Å²) in [5.41, 5.74) is 2.84. The van der Waals surface area contributed by atoms with E-state index < -0.39 is 15.4 Å². The number of aryl methyl sites for hydroxylation is 1. The second-order valence-electron chi connectivity index (χ2n) is 7.60. The zero-order valence-electron chi connectivity index (χ0n) is 17.0. The molecule has 0 spiro atoms. The number of aromatic nitrogens is 3. The minimum Gasteiger partial charge on any atom is -0.278 e. The Balaban J connectivity index is 1.88. The fraction of sp³-hybridized carbons (Fsp3) is 0.238. The van der Waals surface area contributed by atoms with Gasteiger partial charge in [-0.2, -0.15) is 0 Å². The lowest BCUT2D eigenvalue weighted by Crippen LogP contribution is -2.33. The monoisotopic (exact) mass is 423 g/mol. The van der Waals surface area contributed by atoms with Crippen molar-refractivity contribution in [2.75, 3.05) is 11.9 Å². The SMILES string of the molecule is CNS(=O)(=O)c1cncc(N2C(=O)C(C)(C)c3ccc(-c4cnc(C)nc4)cc32)c1. The first kappa shape index (κ1) is 20.1. The van der Waals surface area contributed by atoms with Crippen LogP contribution in [0.1, 0.15) is 25.2 Å². The number of hydrogen-bond donors (Lipinski definition) is 1. The molecule has 0 radical (unpaired) electrons. The van der Waals surface area contributed by atoms with Crippen molar-refractivity contribution < 1.29 is 13.2 Å². The third kappa shape index (κ3) is 3.16. The van der Waals surface area contributed by atoms with Crippen molar-refractivity contribution in [3.8, 4) is 11.1 Å². The Morgan fingerprint density at radius 2 is 1.70 bits per heavy atom. The average molecular weight is 423 g/mol. The molecule has 9 heteroatoms. The van der Waals surface area contributed by atoms with Crippen molar-refractivity contribution >= 4 is 27.3 Å². The molecule has 2 aromatic heterocycles. The van der Waals surface area contributed by atoms with Crippen molar-refractivity contribution in [2.24, 2.45) is 0 Å². The molecule has 0 atom stereocenters. The van der Waals surface area contributed by atoms with Gasteiger partial charge in [0.2, 0.25) is 15.9 Å². The number of anilines is 2. The van der Waals surface area contributed by atoms with E-state index in [4.69, 9.17) is 0 Å². The van der Waals surface area contributed by atoms with Gasteiger partial charge in [-0.05, 0) is 51.1 Å². The fourth-order valence-corrected chi connectivity index (χ4v) is 4.23. The van der Waals surface area contributed by atoms with Gasteiger partial charge in [0.05, 0.1) is 23.0 Å². The largest absolute Gasteiger partial charge is 0.278 e. The number of carbonyl (C=O) groups is 1. The number of fused-ring (bicyclic) bond motifs is 1. The first-order valence-electron chi connectivity index (χ1n) is 9.32. The molecule has 3 heterocycles. The first-order chi connectivity index (χ1) is 14.1. The maximum atomic E-state index is 13.3. The number of nitrogens with zero attached hydrogens (tertiary/aromatic N) is 4. The van der Waals surface area contributed by atoms with Gasteiger partial charge in [-0.25, -0.2) is 23.1 Å². The number of pyridine rings is 1. The predicted molar refractivity (Wildman–Crippen MR) is 113 cm³/mol. The van der Waals surface area contributed by atoms with Gasteiger partial charge in [0.25, 0.3) is 0 Å². The Morgan fingerprint density at radius 3 is 2.37 bits per heavy atom. The highest BCUT2D eigenvalue weighted by molar-refractivity contribution is 7.89. The summed E-state index contributed by atoms with van der Waals surface area (Å²) < 4.78 is 26.7. The average Bonchev–Trinajstić information content (AvgIpc) is 2.94. The van der Waals surface area contributed by atoms with Gasteiger partial charge in [0, 0.05) is 24.2 Å². The van der Waals surface area contributed by atoms with Crippen molar-refractivity contribution in [1.82, 2.24) is 19.7 Å². The molecule has 1 amide bonds. The van der Waals surface area contributed by atoms with Crippen LogP contribution in [0.15, 0.2) is 53.9 Å². The van der Waals surface area contributed by atoms with Crippen LogP contribution in [0.3, 0.4) is 0 Å². The number of benzene rings is 1. The molecule has 0 fully saturated rings. The van der Waals surface area contributed by atoms with Crippen molar-refractivity contribution in [1.29, 1.82) is 0 Å². The highest BCUT2D eigenvalue weighted by Gasteiger charge is 2.45. The Morgan fingerprint density at radius 1 is 1.00 bits per heavy atom. The normalized spacial score (nSPS) is 15.3. The lowest BCUT2D eigenvalue weighted by atomic mass is 9.85. The second kappa shape index (κ2) is 6.96. The van der Waals surface area contributed by atoms with Crippen LogP contribution in [-0.2, 0) is 20.2 Å². The Kier molecular flexibility index (Phi) is 4.67. The molecule has 3 aromatic rings. The number of carbonyl (C=O) groups excluding carboxylic acids is 1. The molecule has 8 nitrogen and oxygen atoms in total. The Hall–Kier alpha value is -3.17. The van der Waals surface area contributed by atoms with E-state index in [9.17, 15) is 13.2 Å². The lowest BCUT2D eigenvalue weighted by Gasteiger charge is -2.20. The first-order valence-corrected chi connectivity index (χ1v) is 10.8. The quantitative estimate of drug-likeness (QED) is 0.692. The van der Waals surface area contributed by atoms with Crippen LogP contribution >= 0.6 is 0 Å². The summed E-state index contributed by atoms with van der Waals surface area (Å²) in [6.07, 6.45) is 6.21. The number of rotatable bonds is 4. The van der Waals surface area contributed by atoms with E-state index in [-0.39, 0.29) is 10.8 Å². The van der Waals surface area contributed by atoms with E-state index in [1.165, 1.54) is 30.4 Å². The molecule has 0 bridgehead atoms. The molecule has 1 aromatic carbocycles. The zero-order valence-corrected chi connectivity index (χ0v) is 17.9. The van der Waals surface area contributed by atoms with Gasteiger partial charge < -0.3 is 0 Å². The molecule has 1 aliphatic rings. The summed E-state index contributed by atoms with van der Waals surface area (Å²) in [4.78, 5) is 27.4. The van der Waals surface area contributed by atoms with Gasteiger partial charge in [0.1, 0.15) is 10.7 Å². The predicted octanol–water partition coefficient (Wildman–Crippen LogP) is 2.71. The summed E-state index contributed by atoms with van der Waals surface area (Å²) in [5.74, 6) is 0.516. The third-order valence-electron chi connectivity index (χ3n) is 5.30. The molecular weight excluding hydrogens is 402 g/mol. The third-order valence-corrected chi connectivity index (χ3v) is 6.68. The van der Waals surface area contributed by atoms with Crippen LogP contribution in [0, 0.1) is 6.92 Å². The summed E-state index contributed by atoms with van der Waals surface area (Å²) >= 11 is 0. The van der Waals surface area contributed by atoms with Crippen molar-refractivity contribution in [3.63, 3.8) is 0 Å². The van der Waals surface area contributed by atoms with Crippen molar-refractivity contribution in [3.05, 3.63) is 60.4 Å². The maximum absolute atomic E-state index is 13.3. The maximum Gasteiger partial charge on any atom is 0.241 e. The lowest BCUT2D eigenvalue weighted by molar-refractivity contribution is -0.121. The van der Waals surface area contributed by atoms with E-state index in [0.717, 1.165) is 16.7 Å². The molecule has 1 aliphatic heterocycles. The molecule has 0 aliphatic carbocycles. The molecule has 4 rings (SSSR count). The van der Waals surface area contributed by atoms with E-state index in [0.29, 0.717) is 17.2 Å². The van der Waals surface area contributed by atoms with Crippen LogP contribution in [-0.4, -0.2) is 36.3 Å². The topological polar surface area (TPSA) is 105 Å². The van der Waals surface area contributed by atoms with Gasteiger partial charge in [-0.15, -0.1) is 0 Å². The molecular formula is C21H21N5O3S. The number of nitrogens with one attached hydrogen (secondary N) is 1. The Labute approximate surface area is 175 Å². The standard InChI is InChI=1S/C21H21N5O3S/c1-13-24-9-15(10-25-13)14-5-6-18-19(7-14)26(20(27)21(18,2)3)16-8-17(12-23-11-16)30(28,29)22-4/h5-12,22H,1-4H3. The molecule has 0 saturated carbocycles. The van der Waals surface area contributed by atoms with Gasteiger partial charge in [-0.3, -0.25) is 14.7 Å². The molecule has 30 heavy (non-hydrogen) atoms.